The van der Waals surface area contributed by atoms with Crippen LogP contribution >= 0.6 is 23.1 Å². The van der Waals surface area contributed by atoms with E-state index in [4.69, 9.17) is 9.84 Å². The number of carboxylic acids is 1. The summed E-state index contributed by atoms with van der Waals surface area (Å²) in [6.07, 6.45) is 7.15. The zero-order valence-corrected chi connectivity index (χ0v) is 22.0. The molecular formula is C24H30N6O4S2. The highest BCUT2D eigenvalue weighted by Crippen LogP contribution is 2.28. The molecule has 0 atom stereocenters. The van der Waals surface area contributed by atoms with E-state index in [0.717, 1.165) is 28.6 Å². The maximum absolute atomic E-state index is 12.8. The lowest BCUT2D eigenvalue weighted by atomic mass is 10.1. The first-order valence-corrected chi connectivity index (χ1v) is 13.5. The quantitative estimate of drug-likeness (QED) is 0.374. The Kier molecular flexibility index (Phi) is 9.08. The SMILES string of the molecule is Cc1cc(-n2ccnc2)ccc1CSc1nnc(C(=O)N(C)CCOC2CCN(CC(=O)O)CC2)s1. The summed E-state index contributed by atoms with van der Waals surface area (Å²) in [5.41, 5.74) is 3.45. The van der Waals surface area contributed by atoms with Crippen molar-refractivity contribution in [2.75, 3.05) is 39.8 Å². The number of amides is 1. The molecule has 1 N–H and O–H groups in total. The molecule has 192 valence electrons. The van der Waals surface area contributed by atoms with Crippen LogP contribution in [0.15, 0.2) is 41.3 Å². The van der Waals surface area contributed by atoms with Gasteiger partial charge in [-0.3, -0.25) is 14.5 Å². The van der Waals surface area contributed by atoms with Gasteiger partial charge in [0.2, 0.25) is 5.01 Å². The number of aryl methyl sites for hydroxylation is 1. The van der Waals surface area contributed by atoms with Gasteiger partial charge in [0, 0.05) is 50.5 Å². The molecule has 4 rings (SSSR count). The molecular weight excluding hydrogens is 500 g/mol. The number of hydrogen-bond donors (Lipinski definition) is 1. The molecule has 3 aromatic rings. The summed E-state index contributed by atoms with van der Waals surface area (Å²) >= 11 is 2.88. The van der Waals surface area contributed by atoms with Gasteiger partial charge in [0.05, 0.1) is 25.6 Å². The van der Waals surface area contributed by atoms with Gasteiger partial charge in [-0.1, -0.05) is 29.2 Å². The summed E-state index contributed by atoms with van der Waals surface area (Å²) in [7, 11) is 1.74. The van der Waals surface area contributed by atoms with Gasteiger partial charge in [-0.25, -0.2) is 4.98 Å². The third kappa shape index (κ3) is 7.12. The van der Waals surface area contributed by atoms with E-state index < -0.39 is 5.97 Å². The standard InChI is InChI=1S/C24H30N6O4S2/c1-17-13-19(30-10-7-25-16-30)4-3-18(17)15-35-24-27-26-22(36-24)23(33)28(2)11-12-34-20-5-8-29(9-6-20)14-21(31)32/h3-4,7,10,13,16,20H,5-6,8-9,11-12,14-15H2,1-2H3,(H,31,32). The molecule has 12 heteroatoms. The van der Waals surface area contributed by atoms with Gasteiger partial charge in [-0.05, 0) is 43.0 Å². The van der Waals surface area contributed by atoms with E-state index in [1.165, 1.54) is 22.5 Å². The molecule has 10 nitrogen and oxygen atoms in total. The summed E-state index contributed by atoms with van der Waals surface area (Å²) in [6.45, 7) is 4.47. The molecule has 36 heavy (non-hydrogen) atoms. The van der Waals surface area contributed by atoms with Gasteiger partial charge >= 0.3 is 5.97 Å². The van der Waals surface area contributed by atoms with E-state index in [0.29, 0.717) is 31.2 Å². The fraction of sp³-hybridized carbons (Fsp3) is 0.458. The van der Waals surface area contributed by atoms with Gasteiger partial charge in [0.15, 0.2) is 4.34 Å². The number of thioether (sulfide) groups is 1. The molecule has 0 bridgehead atoms. The third-order valence-corrected chi connectivity index (χ3v) is 8.18. The van der Waals surface area contributed by atoms with Crippen LogP contribution in [0.25, 0.3) is 5.69 Å². The van der Waals surface area contributed by atoms with Crippen LogP contribution in [0.3, 0.4) is 0 Å². The normalized spacial score (nSPS) is 14.7. The van der Waals surface area contributed by atoms with Crippen LogP contribution in [0.5, 0.6) is 0 Å². The second-order valence-corrected chi connectivity index (χ2v) is 10.9. The minimum atomic E-state index is -0.803. The van der Waals surface area contributed by atoms with Crippen molar-refractivity contribution in [3.8, 4) is 5.69 Å². The first kappa shape index (κ1) is 26.3. The average molecular weight is 531 g/mol. The maximum atomic E-state index is 12.8. The number of hydrogen-bond acceptors (Lipinski definition) is 9. The van der Waals surface area contributed by atoms with E-state index in [9.17, 15) is 9.59 Å². The Hall–Kier alpha value is -2.80. The lowest BCUT2D eigenvalue weighted by molar-refractivity contribution is -0.139. The summed E-state index contributed by atoms with van der Waals surface area (Å²) in [5.74, 6) is -0.225. The Morgan fingerprint density at radius 2 is 2.08 bits per heavy atom. The van der Waals surface area contributed by atoms with Crippen molar-refractivity contribution in [2.24, 2.45) is 0 Å². The lowest BCUT2D eigenvalue weighted by Crippen LogP contribution is -2.40. The lowest BCUT2D eigenvalue weighted by Gasteiger charge is -2.31. The Balaban J connectivity index is 1.20. The van der Waals surface area contributed by atoms with Crippen molar-refractivity contribution in [1.82, 2.24) is 29.5 Å². The molecule has 1 amide bonds. The number of carbonyl (C=O) groups excluding carboxylic acids is 1. The fourth-order valence-corrected chi connectivity index (χ4v) is 5.88. The molecule has 0 spiro atoms. The molecule has 1 aromatic carbocycles. The predicted molar refractivity (Wildman–Crippen MR) is 138 cm³/mol. The number of rotatable bonds is 11. The van der Waals surface area contributed by atoms with Gasteiger partial charge in [-0.2, -0.15) is 0 Å². The molecule has 1 aliphatic heterocycles. The monoisotopic (exact) mass is 530 g/mol. The molecule has 1 saturated heterocycles. The number of carbonyl (C=O) groups is 2. The minimum absolute atomic E-state index is 0.0737. The Morgan fingerprint density at radius 3 is 2.78 bits per heavy atom. The number of nitrogens with zero attached hydrogens (tertiary/aromatic N) is 6. The van der Waals surface area contributed by atoms with Crippen molar-refractivity contribution in [3.63, 3.8) is 0 Å². The van der Waals surface area contributed by atoms with Crippen LogP contribution < -0.4 is 0 Å². The number of benzene rings is 1. The molecule has 0 saturated carbocycles. The van der Waals surface area contributed by atoms with E-state index >= 15 is 0 Å². The Bertz CT molecular complexity index is 1160. The smallest absolute Gasteiger partial charge is 0.317 e. The summed E-state index contributed by atoms with van der Waals surface area (Å²) in [5, 5.41) is 17.6. The van der Waals surface area contributed by atoms with Crippen molar-refractivity contribution in [3.05, 3.63) is 53.1 Å². The first-order valence-electron chi connectivity index (χ1n) is 11.7. The van der Waals surface area contributed by atoms with Gasteiger partial charge in [-0.15, -0.1) is 10.2 Å². The second-order valence-electron chi connectivity index (χ2n) is 8.71. The topological polar surface area (TPSA) is 114 Å². The van der Waals surface area contributed by atoms with E-state index in [1.807, 2.05) is 15.7 Å². The number of piperidine rings is 1. The zero-order valence-electron chi connectivity index (χ0n) is 20.4. The Morgan fingerprint density at radius 1 is 1.28 bits per heavy atom. The summed E-state index contributed by atoms with van der Waals surface area (Å²) in [6, 6.07) is 6.30. The van der Waals surface area contributed by atoms with Gasteiger partial charge in [0.25, 0.3) is 5.91 Å². The highest BCUT2D eigenvalue weighted by atomic mass is 32.2. The molecule has 3 heterocycles. The van der Waals surface area contributed by atoms with E-state index in [2.05, 4.69) is 40.3 Å². The number of imidazole rings is 1. The van der Waals surface area contributed by atoms with Gasteiger partial charge in [0.1, 0.15) is 0 Å². The molecule has 0 unspecified atom stereocenters. The number of likely N-dealkylation sites (N-methyl/N-ethyl adjacent to an activating group) is 1. The average Bonchev–Trinajstić information content (AvgIpc) is 3.56. The van der Waals surface area contributed by atoms with Crippen molar-refractivity contribution < 1.29 is 19.4 Å². The van der Waals surface area contributed by atoms with Crippen LogP contribution in [0.2, 0.25) is 0 Å². The van der Waals surface area contributed by atoms with E-state index in [1.54, 1.807) is 36.2 Å². The zero-order chi connectivity index (χ0) is 25.5. The minimum Gasteiger partial charge on any atom is -0.480 e. The fourth-order valence-electron chi connectivity index (χ4n) is 3.95. The number of carboxylic acid groups (broad SMARTS) is 1. The number of ether oxygens (including phenoxy) is 1. The molecule has 0 radical (unpaired) electrons. The maximum Gasteiger partial charge on any atom is 0.317 e. The van der Waals surface area contributed by atoms with Crippen molar-refractivity contribution in [1.29, 1.82) is 0 Å². The largest absolute Gasteiger partial charge is 0.480 e. The summed E-state index contributed by atoms with van der Waals surface area (Å²) < 4.78 is 8.65. The van der Waals surface area contributed by atoms with E-state index in [-0.39, 0.29) is 18.6 Å². The van der Waals surface area contributed by atoms with Crippen LogP contribution in [-0.2, 0) is 15.3 Å². The molecule has 1 fully saturated rings. The molecule has 1 aliphatic rings. The number of aliphatic carboxylic acids is 1. The Labute approximate surface area is 218 Å². The highest BCUT2D eigenvalue weighted by molar-refractivity contribution is 8.00. The van der Waals surface area contributed by atoms with Gasteiger partial charge < -0.3 is 19.3 Å². The third-order valence-electron chi connectivity index (χ3n) is 6.09. The van der Waals surface area contributed by atoms with Crippen LogP contribution in [-0.4, -0.2) is 92.5 Å². The molecule has 0 aliphatic carbocycles. The van der Waals surface area contributed by atoms with Crippen molar-refractivity contribution >= 4 is 35.0 Å². The van der Waals surface area contributed by atoms with Crippen LogP contribution in [0.4, 0.5) is 0 Å². The molecule has 2 aromatic heterocycles. The first-order chi connectivity index (χ1) is 17.4. The summed E-state index contributed by atoms with van der Waals surface area (Å²) in [4.78, 5) is 31.2. The van der Waals surface area contributed by atoms with Crippen molar-refractivity contribution in [2.45, 2.75) is 36.0 Å². The highest BCUT2D eigenvalue weighted by Gasteiger charge is 2.22. The predicted octanol–water partition coefficient (Wildman–Crippen LogP) is 2.96. The second kappa shape index (κ2) is 12.4. The number of likely N-dealkylation sites (tertiary alicyclic amines) is 1. The number of aromatic nitrogens is 4. The van der Waals surface area contributed by atoms with Crippen LogP contribution in [0, 0.1) is 6.92 Å². The van der Waals surface area contributed by atoms with Crippen LogP contribution in [0.1, 0.15) is 33.8 Å².